The Labute approximate surface area is 175 Å². The lowest BCUT2D eigenvalue weighted by Gasteiger charge is -2.10. The van der Waals surface area contributed by atoms with E-state index in [2.05, 4.69) is 34.3 Å². The molecule has 5 nitrogen and oxygen atoms in total. The monoisotopic (exact) mass is 426 g/mol. The lowest BCUT2D eigenvalue weighted by atomic mass is 10.2. The molecule has 0 atom stereocenters. The molecule has 3 rings (SSSR count). The van der Waals surface area contributed by atoms with E-state index in [1.807, 2.05) is 6.92 Å². The van der Waals surface area contributed by atoms with Crippen LogP contribution in [0, 0.1) is 6.92 Å². The normalized spacial score (nSPS) is 11.1. The highest BCUT2D eigenvalue weighted by Crippen LogP contribution is 2.18. The number of carbonyl (C=O) groups excluding carboxylic acids is 1. The lowest BCUT2D eigenvalue weighted by Crippen LogP contribution is -2.26. The van der Waals surface area contributed by atoms with Crippen LogP contribution in [0.15, 0.2) is 88.7 Å². The maximum Gasteiger partial charge on any atom is 0.261 e. The van der Waals surface area contributed by atoms with Crippen LogP contribution in [0.2, 0.25) is 0 Å². The van der Waals surface area contributed by atoms with Crippen LogP contribution in [0.25, 0.3) is 0 Å². The number of para-hydroxylation sites is 1. The number of thioether (sulfide) groups is 1. The summed E-state index contributed by atoms with van der Waals surface area (Å²) in [5.74, 6) is 0.425. The van der Waals surface area contributed by atoms with Crippen molar-refractivity contribution in [1.29, 1.82) is 0 Å². The summed E-state index contributed by atoms with van der Waals surface area (Å²) >= 11 is 1.65. The van der Waals surface area contributed by atoms with Crippen molar-refractivity contribution in [3.63, 3.8) is 0 Å². The number of anilines is 1. The van der Waals surface area contributed by atoms with Gasteiger partial charge in [-0.1, -0.05) is 42.0 Å². The first-order valence-electron chi connectivity index (χ1n) is 9.10. The highest BCUT2D eigenvalue weighted by Gasteiger charge is 2.16. The molecular weight excluding hydrogens is 404 g/mol. The summed E-state index contributed by atoms with van der Waals surface area (Å²) in [6.07, 6.45) is 0. The molecule has 7 heteroatoms. The van der Waals surface area contributed by atoms with Crippen LogP contribution in [0.4, 0.5) is 5.69 Å². The molecule has 0 heterocycles. The van der Waals surface area contributed by atoms with Gasteiger partial charge in [0.15, 0.2) is 0 Å². The van der Waals surface area contributed by atoms with E-state index in [-0.39, 0.29) is 10.8 Å². The fourth-order valence-corrected chi connectivity index (χ4v) is 4.47. The number of aryl methyl sites for hydroxylation is 1. The molecule has 0 aromatic heterocycles. The predicted molar refractivity (Wildman–Crippen MR) is 118 cm³/mol. The second-order valence-electron chi connectivity index (χ2n) is 6.42. The number of hydrogen-bond acceptors (Lipinski definition) is 4. The van der Waals surface area contributed by atoms with Gasteiger partial charge in [0.05, 0.1) is 4.90 Å². The van der Waals surface area contributed by atoms with E-state index in [0.29, 0.717) is 17.8 Å². The van der Waals surface area contributed by atoms with Gasteiger partial charge in [-0.25, -0.2) is 8.42 Å². The Hall–Kier alpha value is -2.77. The Morgan fingerprint density at radius 1 is 0.931 bits per heavy atom. The molecule has 3 aromatic rings. The lowest BCUT2D eigenvalue weighted by molar-refractivity contribution is 0.0956. The summed E-state index contributed by atoms with van der Waals surface area (Å²) in [5, 5.41) is 2.83. The van der Waals surface area contributed by atoms with E-state index >= 15 is 0 Å². The molecule has 0 aliphatic heterocycles. The smallest absolute Gasteiger partial charge is 0.261 e. The van der Waals surface area contributed by atoms with Gasteiger partial charge in [-0.2, -0.15) is 0 Å². The molecule has 0 saturated carbocycles. The van der Waals surface area contributed by atoms with Crippen LogP contribution in [0.5, 0.6) is 0 Å². The number of nitrogens with one attached hydrogen (secondary N) is 2. The number of rotatable bonds is 8. The summed E-state index contributed by atoms with van der Waals surface area (Å²) in [5.41, 5.74) is 1.98. The third-order valence-electron chi connectivity index (χ3n) is 4.11. The first kappa shape index (κ1) is 21.0. The zero-order chi connectivity index (χ0) is 20.7. The molecule has 0 aliphatic carbocycles. The zero-order valence-corrected chi connectivity index (χ0v) is 17.6. The Morgan fingerprint density at radius 3 is 2.38 bits per heavy atom. The fraction of sp³-hybridized carbons (Fsp3) is 0.136. The molecule has 0 radical (unpaired) electrons. The molecule has 0 aliphatic rings. The van der Waals surface area contributed by atoms with Crippen LogP contribution in [-0.4, -0.2) is 26.6 Å². The van der Waals surface area contributed by atoms with Crippen molar-refractivity contribution in [1.82, 2.24) is 5.32 Å². The summed E-state index contributed by atoms with van der Waals surface area (Å²) in [6, 6.07) is 22.9. The highest BCUT2D eigenvalue weighted by atomic mass is 32.2. The second-order valence-corrected chi connectivity index (χ2v) is 9.27. The van der Waals surface area contributed by atoms with Gasteiger partial charge in [0.25, 0.3) is 15.9 Å². The zero-order valence-electron chi connectivity index (χ0n) is 16.0. The largest absolute Gasteiger partial charge is 0.351 e. The topological polar surface area (TPSA) is 75.3 Å². The Balaban J connectivity index is 1.58. The molecule has 0 spiro atoms. The van der Waals surface area contributed by atoms with Crippen molar-refractivity contribution in [2.24, 2.45) is 0 Å². The number of hydrogen-bond donors (Lipinski definition) is 2. The van der Waals surface area contributed by atoms with Crippen molar-refractivity contribution in [2.45, 2.75) is 16.7 Å². The van der Waals surface area contributed by atoms with Crippen molar-refractivity contribution >= 4 is 33.4 Å². The van der Waals surface area contributed by atoms with Crippen molar-refractivity contribution in [2.75, 3.05) is 17.0 Å². The van der Waals surface area contributed by atoms with Gasteiger partial charge >= 0.3 is 0 Å². The van der Waals surface area contributed by atoms with E-state index in [1.165, 1.54) is 17.7 Å². The average molecular weight is 427 g/mol. The SMILES string of the molecule is Cc1ccc(SCCNC(=O)c2cccc(S(=O)(=O)Nc3ccccc3)c2)cc1. The van der Waals surface area contributed by atoms with Crippen LogP contribution >= 0.6 is 11.8 Å². The quantitative estimate of drug-likeness (QED) is 0.416. The second kappa shape index (κ2) is 9.62. The number of sulfonamides is 1. The maximum atomic E-state index is 12.6. The van der Waals surface area contributed by atoms with Crippen molar-refractivity contribution < 1.29 is 13.2 Å². The van der Waals surface area contributed by atoms with Crippen LogP contribution < -0.4 is 10.0 Å². The standard InChI is InChI=1S/C22H22N2O3S2/c1-17-10-12-20(13-11-17)28-15-14-23-22(25)18-6-5-9-21(16-18)29(26,27)24-19-7-3-2-4-8-19/h2-13,16,24H,14-15H2,1H3,(H,23,25). The van der Waals surface area contributed by atoms with Gasteiger partial charge in [0, 0.05) is 28.4 Å². The van der Waals surface area contributed by atoms with Crippen molar-refractivity contribution in [3.8, 4) is 0 Å². The highest BCUT2D eigenvalue weighted by molar-refractivity contribution is 7.99. The number of carbonyl (C=O) groups is 1. The van der Waals surface area contributed by atoms with Gasteiger partial charge in [-0.15, -0.1) is 11.8 Å². The first-order valence-corrected chi connectivity index (χ1v) is 11.6. The molecule has 150 valence electrons. The van der Waals surface area contributed by atoms with E-state index in [1.54, 1.807) is 54.2 Å². The van der Waals surface area contributed by atoms with Gasteiger partial charge in [0.1, 0.15) is 0 Å². The third-order valence-corrected chi connectivity index (χ3v) is 6.50. The molecule has 0 bridgehead atoms. The molecule has 29 heavy (non-hydrogen) atoms. The third kappa shape index (κ3) is 6.10. The molecule has 1 amide bonds. The van der Waals surface area contributed by atoms with Crippen molar-refractivity contribution in [3.05, 3.63) is 90.0 Å². The summed E-state index contributed by atoms with van der Waals surface area (Å²) in [6.45, 7) is 2.52. The minimum atomic E-state index is -3.77. The minimum Gasteiger partial charge on any atom is -0.351 e. The summed E-state index contributed by atoms with van der Waals surface area (Å²) in [4.78, 5) is 13.6. The van der Waals surface area contributed by atoms with Crippen LogP contribution in [0.1, 0.15) is 15.9 Å². The molecule has 0 unspecified atom stereocenters. The summed E-state index contributed by atoms with van der Waals surface area (Å²) < 4.78 is 27.7. The van der Waals surface area contributed by atoms with E-state index < -0.39 is 10.0 Å². The molecule has 3 aromatic carbocycles. The summed E-state index contributed by atoms with van der Waals surface area (Å²) in [7, 11) is -3.77. The molecule has 0 saturated heterocycles. The number of amides is 1. The van der Waals surface area contributed by atoms with Gasteiger partial charge in [-0.3, -0.25) is 9.52 Å². The minimum absolute atomic E-state index is 0.0445. The predicted octanol–water partition coefficient (Wildman–Crippen LogP) is 4.32. The van der Waals surface area contributed by atoms with Gasteiger partial charge in [0.2, 0.25) is 0 Å². The number of benzene rings is 3. The first-order chi connectivity index (χ1) is 13.9. The molecule has 2 N–H and O–H groups in total. The maximum absolute atomic E-state index is 12.6. The molecule has 0 fully saturated rings. The Morgan fingerprint density at radius 2 is 1.66 bits per heavy atom. The average Bonchev–Trinajstić information content (AvgIpc) is 2.73. The van der Waals surface area contributed by atoms with E-state index in [4.69, 9.17) is 0 Å². The van der Waals surface area contributed by atoms with Crippen LogP contribution in [0.3, 0.4) is 0 Å². The van der Waals surface area contributed by atoms with E-state index in [9.17, 15) is 13.2 Å². The van der Waals surface area contributed by atoms with E-state index in [0.717, 1.165) is 10.6 Å². The fourth-order valence-electron chi connectivity index (χ4n) is 2.59. The Kier molecular flexibility index (Phi) is 6.95. The van der Waals surface area contributed by atoms with Crippen LogP contribution in [-0.2, 0) is 10.0 Å². The van der Waals surface area contributed by atoms with Gasteiger partial charge < -0.3 is 5.32 Å². The molecular formula is C22H22N2O3S2. The van der Waals surface area contributed by atoms with Gasteiger partial charge in [-0.05, 0) is 49.4 Å². The Bertz CT molecular complexity index is 1070.